The number of rotatable bonds is 2. The van der Waals surface area contributed by atoms with Crippen molar-refractivity contribution in [1.29, 1.82) is 0 Å². The van der Waals surface area contributed by atoms with E-state index < -0.39 is 0 Å². The molecule has 0 fully saturated rings. The molecule has 5 rings (SSSR count). The zero-order valence-electron chi connectivity index (χ0n) is 18.9. The third kappa shape index (κ3) is 6.41. The smallest absolute Gasteiger partial charge is 0.105 e. The fourth-order valence-electron chi connectivity index (χ4n) is 3.24. The van der Waals surface area contributed by atoms with E-state index in [9.17, 15) is 0 Å². The second kappa shape index (κ2) is 11.1. The molecule has 2 aromatic heterocycles. The molecule has 3 nitrogen and oxygen atoms in total. The van der Waals surface area contributed by atoms with E-state index in [2.05, 4.69) is 60.0 Å². The molecule has 0 saturated carbocycles. The van der Waals surface area contributed by atoms with Gasteiger partial charge in [0.05, 0.1) is 5.52 Å². The van der Waals surface area contributed by atoms with Gasteiger partial charge < -0.3 is 0 Å². The van der Waals surface area contributed by atoms with Crippen LogP contribution >= 0.6 is 0 Å². The van der Waals surface area contributed by atoms with Gasteiger partial charge in [0, 0.05) is 31.2 Å². The number of hydrogen-bond acceptors (Lipinski definition) is 3. The van der Waals surface area contributed by atoms with E-state index >= 15 is 0 Å². The van der Waals surface area contributed by atoms with Gasteiger partial charge >= 0.3 is 0 Å². The van der Waals surface area contributed by atoms with E-state index in [1.165, 1.54) is 5.39 Å². The fraction of sp³-hybridized carbons (Fsp3) is 0.138. The number of aromatic nitrogens is 3. The van der Waals surface area contributed by atoms with Gasteiger partial charge in [0.1, 0.15) is 6.33 Å². The van der Waals surface area contributed by atoms with Gasteiger partial charge in [-0.2, -0.15) is 0 Å². The van der Waals surface area contributed by atoms with Gasteiger partial charge in [-0.25, -0.2) is 4.98 Å². The first-order valence-electron chi connectivity index (χ1n) is 10.6. The normalized spacial score (nSPS) is 10.6. The van der Waals surface area contributed by atoms with E-state index in [4.69, 9.17) is 0 Å². The molecule has 0 atom stereocenters. The molecule has 4 heteroatoms. The third-order valence-corrected chi connectivity index (χ3v) is 5.00. The summed E-state index contributed by atoms with van der Waals surface area (Å²) in [6.07, 6.45) is 1.62. The summed E-state index contributed by atoms with van der Waals surface area (Å²) in [7, 11) is 0. The van der Waals surface area contributed by atoms with Crippen LogP contribution in [0.5, 0.6) is 0 Å². The minimum absolute atomic E-state index is 0. The van der Waals surface area contributed by atoms with Crippen molar-refractivity contribution in [2.45, 2.75) is 26.2 Å². The van der Waals surface area contributed by atoms with Crippen LogP contribution < -0.4 is 0 Å². The molecule has 1 radical (unpaired) electrons. The first-order chi connectivity index (χ1) is 15.5. The number of benzene rings is 3. The fourth-order valence-corrected chi connectivity index (χ4v) is 3.24. The Hall–Kier alpha value is -3.20. The quantitative estimate of drug-likeness (QED) is 0.204. The van der Waals surface area contributed by atoms with Crippen molar-refractivity contribution in [1.82, 2.24) is 15.0 Å². The molecular formula is C29H25IrN3-2. The molecule has 0 aliphatic heterocycles. The molecule has 0 saturated heterocycles. The number of fused-ring (bicyclic) bond motifs is 1. The van der Waals surface area contributed by atoms with Crippen LogP contribution in [0.4, 0.5) is 0 Å². The Bertz CT molecular complexity index is 1300. The molecule has 0 spiro atoms. The summed E-state index contributed by atoms with van der Waals surface area (Å²) in [6.45, 7) is 6.44. The van der Waals surface area contributed by atoms with Crippen LogP contribution in [0.15, 0.2) is 97.3 Å². The van der Waals surface area contributed by atoms with Gasteiger partial charge in [-0.1, -0.05) is 57.2 Å². The van der Waals surface area contributed by atoms with Crippen molar-refractivity contribution in [2.75, 3.05) is 0 Å². The minimum Gasteiger partial charge on any atom is -0.296 e. The molecule has 0 aliphatic rings. The first kappa shape index (κ1) is 24.4. The van der Waals surface area contributed by atoms with E-state index in [0.717, 1.165) is 33.7 Å². The molecule has 0 aliphatic carbocycles. The largest absolute Gasteiger partial charge is 0.296 e. The van der Waals surface area contributed by atoms with E-state index in [1.54, 1.807) is 6.33 Å². The SMILES string of the molecule is CC(C)(C)c1cc(-c2[c-]cccc2)ncn1.[Ir].[c-]1ccccc1-c1ccc2ccccc2n1. The Morgan fingerprint density at radius 2 is 1.30 bits per heavy atom. The Kier molecular flexibility index (Phi) is 8.21. The van der Waals surface area contributed by atoms with Gasteiger partial charge in [-0.05, 0) is 22.8 Å². The predicted octanol–water partition coefficient (Wildman–Crippen LogP) is 6.94. The molecule has 167 valence electrons. The van der Waals surface area contributed by atoms with Gasteiger partial charge in [-0.15, -0.1) is 71.8 Å². The first-order valence-corrected chi connectivity index (χ1v) is 10.6. The predicted molar refractivity (Wildman–Crippen MR) is 131 cm³/mol. The Morgan fingerprint density at radius 3 is 1.94 bits per heavy atom. The number of nitrogens with zero attached hydrogens (tertiary/aromatic N) is 3. The number of pyridine rings is 1. The van der Waals surface area contributed by atoms with Crippen LogP contribution in [-0.4, -0.2) is 15.0 Å². The average molecular weight is 608 g/mol. The molecule has 0 amide bonds. The van der Waals surface area contributed by atoms with Gasteiger partial charge in [0.2, 0.25) is 0 Å². The standard InChI is InChI=1S/C15H10N.C14H15N2.Ir/c1-2-6-12(7-3-1)15-11-10-13-8-4-5-9-14(13)16-15;1-14(2,3)13-9-12(15-10-16-13)11-7-5-4-6-8-11;/h1-6,8-11H;4-7,9-10H,1-3H3;/q2*-1;. The summed E-state index contributed by atoms with van der Waals surface area (Å²) in [4.78, 5) is 13.2. The van der Waals surface area contributed by atoms with E-state index in [-0.39, 0.29) is 25.5 Å². The van der Waals surface area contributed by atoms with Crippen LogP contribution in [0.1, 0.15) is 26.5 Å². The van der Waals surface area contributed by atoms with Gasteiger partial charge in [0.25, 0.3) is 0 Å². The molecule has 3 aromatic carbocycles. The van der Waals surface area contributed by atoms with Crippen LogP contribution in [-0.2, 0) is 25.5 Å². The average Bonchev–Trinajstić information content (AvgIpc) is 2.85. The molecule has 0 N–H and O–H groups in total. The molecule has 5 aromatic rings. The summed E-state index contributed by atoms with van der Waals surface area (Å²) in [6, 6.07) is 36.4. The second-order valence-electron chi connectivity index (χ2n) is 8.48. The third-order valence-electron chi connectivity index (χ3n) is 5.00. The van der Waals surface area contributed by atoms with Crippen molar-refractivity contribution in [3.05, 3.63) is 115 Å². The Morgan fingerprint density at radius 1 is 0.667 bits per heavy atom. The molecule has 0 unspecified atom stereocenters. The van der Waals surface area contributed by atoms with Crippen molar-refractivity contribution in [3.63, 3.8) is 0 Å². The molecule has 2 heterocycles. The summed E-state index contributed by atoms with van der Waals surface area (Å²) in [5, 5.41) is 1.17. The zero-order valence-corrected chi connectivity index (χ0v) is 21.3. The molecule has 33 heavy (non-hydrogen) atoms. The molecular weight excluding hydrogens is 583 g/mol. The maximum absolute atomic E-state index is 4.61. The van der Waals surface area contributed by atoms with Gasteiger partial charge in [-0.3, -0.25) is 9.97 Å². The van der Waals surface area contributed by atoms with Crippen molar-refractivity contribution >= 4 is 10.9 Å². The molecule has 0 bridgehead atoms. The Balaban J connectivity index is 0.000000180. The summed E-state index contributed by atoms with van der Waals surface area (Å²) in [5.41, 5.74) is 6.07. The van der Waals surface area contributed by atoms with Crippen LogP contribution in [0, 0.1) is 12.1 Å². The minimum atomic E-state index is 0. The van der Waals surface area contributed by atoms with E-state index in [0.29, 0.717) is 0 Å². The topological polar surface area (TPSA) is 38.7 Å². The van der Waals surface area contributed by atoms with Crippen LogP contribution in [0.25, 0.3) is 33.4 Å². The maximum Gasteiger partial charge on any atom is 0.105 e. The van der Waals surface area contributed by atoms with Gasteiger partial charge in [0.15, 0.2) is 0 Å². The maximum atomic E-state index is 4.61. The van der Waals surface area contributed by atoms with Crippen molar-refractivity contribution < 1.29 is 20.1 Å². The number of para-hydroxylation sites is 1. The summed E-state index contributed by atoms with van der Waals surface area (Å²) < 4.78 is 0. The number of hydrogen-bond donors (Lipinski definition) is 0. The summed E-state index contributed by atoms with van der Waals surface area (Å²) in [5.74, 6) is 0. The second-order valence-corrected chi connectivity index (χ2v) is 8.48. The van der Waals surface area contributed by atoms with Crippen LogP contribution in [0.3, 0.4) is 0 Å². The summed E-state index contributed by atoms with van der Waals surface area (Å²) >= 11 is 0. The Labute approximate surface area is 209 Å². The van der Waals surface area contributed by atoms with Crippen molar-refractivity contribution in [2.24, 2.45) is 0 Å². The van der Waals surface area contributed by atoms with Crippen molar-refractivity contribution in [3.8, 4) is 22.5 Å². The van der Waals surface area contributed by atoms with E-state index in [1.807, 2.05) is 78.9 Å². The van der Waals surface area contributed by atoms with Crippen LogP contribution in [0.2, 0.25) is 0 Å². The zero-order chi connectivity index (χ0) is 22.4. The monoisotopic (exact) mass is 608 g/mol.